The first-order valence-electron chi connectivity index (χ1n) is 4.50. The number of hydrogen-bond acceptors (Lipinski definition) is 2. The van der Waals surface area contributed by atoms with Crippen molar-refractivity contribution < 1.29 is 4.74 Å². The summed E-state index contributed by atoms with van der Waals surface area (Å²) in [6, 6.07) is 7.25. The van der Waals surface area contributed by atoms with Gasteiger partial charge >= 0.3 is 0 Å². The van der Waals surface area contributed by atoms with Crippen molar-refractivity contribution in [2.75, 3.05) is 0 Å². The van der Waals surface area contributed by atoms with Crippen LogP contribution in [0.1, 0.15) is 0 Å². The molecule has 0 radical (unpaired) electrons. The van der Waals surface area contributed by atoms with Gasteiger partial charge in [0.1, 0.15) is 5.75 Å². The maximum absolute atomic E-state index is 6.03. The summed E-state index contributed by atoms with van der Waals surface area (Å²) >= 11 is 16.1. The van der Waals surface area contributed by atoms with E-state index in [4.69, 9.17) is 16.3 Å². The highest BCUT2D eigenvalue weighted by molar-refractivity contribution is 9.11. The van der Waals surface area contributed by atoms with Crippen molar-refractivity contribution in [3.05, 3.63) is 48.9 Å². The number of pyridine rings is 1. The van der Waals surface area contributed by atoms with Crippen LogP contribution in [-0.4, -0.2) is 4.98 Å². The lowest BCUT2D eigenvalue weighted by Crippen LogP contribution is -1.90. The molecule has 88 valence electrons. The van der Waals surface area contributed by atoms with Crippen molar-refractivity contribution in [3.8, 4) is 11.6 Å². The third kappa shape index (κ3) is 3.44. The zero-order valence-electron chi connectivity index (χ0n) is 8.25. The van der Waals surface area contributed by atoms with Crippen LogP contribution in [0.2, 0.25) is 5.02 Å². The van der Waals surface area contributed by atoms with E-state index in [1.807, 2.05) is 12.1 Å². The van der Waals surface area contributed by atoms with E-state index < -0.39 is 0 Å². The van der Waals surface area contributed by atoms with Crippen LogP contribution in [-0.2, 0) is 0 Å². The normalized spacial score (nSPS) is 10.4. The van der Waals surface area contributed by atoms with Crippen molar-refractivity contribution in [1.82, 2.24) is 4.98 Å². The SMILES string of the molecule is Clc1ccc(Br)cc1Oc1ncc(Br)cc1Br. The smallest absolute Gasteiger partial charge is 0.233 e. The Kier molecular flexibility index (Phi) is 4.47. The summed E-state index contributed by atoms with van der Waals surface area (Å²) in [5, 5.41) is 0.532. The summed E-state index contributed by atoms with van der Waals surface area (Å²) in [7, 11) is 0. The number of hydrogen-bond donors (Lipinski definition) is 0. The molecule has 0 saturated heterocycles. The van der Waals surface area contributed by atoms with Crippen LogP contribution in [0.25, 0.3) is 0 Å². The zero-order valence-corrected chi connectivity index (χ0v) is 13.8. The standard InChI is InChI=1S/C11H5Br3ClNO/c12-6-1-2-9(15)10(4-6)17-11-8(14)3-7(13)5-16-11/h1-5H. The van der Waals surface area contributed by atoms with Gasteiger partial charge in [0.2, 0.25) is 5.88 Å². The molecule has 0 spiro atoms. The molecule has 17 heavy (non-hydrogen) atoms. The number of halogens is 4. The number of rotatable bonds is 2. The van der Waals surface area contributed by atoms with Crippen LogP contribution >= 0.6 is 59.4 Å². The van der Waals surface area contributed by atoms with E-state index in [9.17, 15) is 0 Å². The molecule has 0 aliphatic carbocycles. The first kappa shape index (κ1) is 13.3. The lowest BCUT2D eigenvalue weighted by atomic mass is 10.3. The van der Waals surface area contributed by atoms with Crippen molar-refractivity contribution in [1.29, 1.82) is 0 Å². The van der Waals surface area contributed by atoms with Crippen molar-refractivity contribution in [3.63, 3.8) is 0 Å². The van der Waals surface area contributed by atoms with Gasteiger partial charge < -0.3 is 4.74 Å². The molecule has 0 atom stereocenters. The molecule has 1 aromatic heterocycles. The molecule has 2 nitrogen and oxygen atoms in total. The van der Waals surface area contributed by atoms with Crippen LogP contribution in [0, 0.1) is 0 Å². The monoisotopic (exact) mass is 439 g/mol. The Hall–Kier alpha value is -0.100. The van der Waals surface area contributed by atoms with Gasteiger partial charge in [0.05, 0.1) is 9.50 Å². The largest absolute Gasteiger partial charge is 0.436 e. The maximum atomic E-state index is 6.03. The highest BCUT2D eigenvalue weighted by Gasteiger charge is 2.08. The minimum Gasteiger partial charge on any atom is -0.436 e. The molecule has 1 aromatic carbocycles. The summed E-state index contributed by atoms with van der Waals surface area (Å²) in [4.78, 5) is 4.15. The Labute approximate surface area is 129 Å². The quantitative estimate of drug-likeness (QED) is 0.585. The predicted molar refractivity (Wildman–Crippen MR) is 78.9 cm³/mol. The second kappa shape index (κ2) is 5.69. The Morgan fingerprint density at radius 1 is 1.06 bits per heavy atom. The van der Waals surface area contributed by atoms with Gasteiger partial charge in [-0.3, -0.25) is 0 Å². The Morgan fingerprint density at radius 3 is 2.53 bits per heavy atom. The zero-order chi connectivity index (χ0) is 12.4. The number of benzene rings is 1. The third-order valence-electron chi connectivity index (χ3n) is 1.87. The fourth-order valence-corrected chi connectivity index (χ4v) is 2.70. The van der Waals surface area contributed by atoms with Gasteiger partial charge in [-0.2, -0.15) is 0 Å². The highest BCUT2D eigenvalue weighted by atomic mass is 79.9. The molecule has 0 fully saturated rings. The van der Waals surface area contributed by atoms with Gasteiger partial charge in [0.15, 0.2) is 0 Å². The van der Waals surface area contributed by atoms with Crippen molar-refractivity contribution >= 4 is 59.4 Å². The molecule has 0 unspecified atom stereocenters. The highest BCUT2D eigenvalue weighted by Crippen LogP contribution is 2.34. The van der Waals surface area contributed by atoms with Gasteiger partial charge in [-0.25, -0.2) is 4.98 Å². The van der Waals surface area contributed by atoms with Crippen LogP contribution in [0.3, 0.4) is 0 Å². The molecule has 0 saturated carbocycles. The van der Waals surface area contributed by atoms with Crippen LogP contribution in [0.5, 0.6) is 11.6 Å². The van der Waals surface area contributed by atoms with Crippen LogP contribution in [0.15, 0.2) is 43.9 Å². The molecule has 0 bridgehead atoms. The summed E-state index contributed by atoms with van der Waals surface area (Å²) in [6.07, 6.45) is 1.66. The molecule has 0 amide bonds. The molecular formula is C11H5Br3ClNO. The predicted octanol–water partition coefficient (Wildman–Crippen LogP) is 5.81. The Balaban J connectivity index is 2.34. The van der Waals surface area contributed by atoms with E-state index in [2.05, 4.69) is 52.8 Å². The van der Waals surface area contributed by atoms with E-state index in [0.29, 0.717) is 16.7 Å². The van der Waals surface area contributed by atoms with Crippen molar-refractivity contribution in [2.24, 2.45) is 0 Å². The number of aromatic nitrogens is 1. The molecule has 0 aliphatic rings. The summed E-state index contributed by atoms with van der Waals surface area (Å²) in [6.45, 7) is 0. The van der Waals surface area contributed by atoms with Gasteiger partial charge in [-0.1, -0.05) is 27.5 Å². The van der Waals surface area contributed by atoms with Crippen molar-refractivity contribution in [2.45, 2.75) is 0 Å². The van der Waals surface area contributed by atoms with Gasteiger partial charge in [-0.05, 0) is 56.1 Å². The average Bonchev–Trinajstić information content (AvgIpc) is 2.27. The van der Waals surface area contributed by atoms with Gasteiger partial charge in [0, 0.05) is 15.1 Å². The lowest BCUT2D eigenvalue weighted by Gasteiger charge is -2.08. The Morgan fingerprint density at radius 2 is 1.82 bits per heavy atom. The third-order valence-corrected chi connectivity index (χ3v) is 3.68. The van der Waals surface area contributed by atoms with Gasteiger partial charge in [0.25, 0.3) is 0 Å². The number of ether oxygens (including phenoxy) is 1. The minimum absolute atomic E-state index is 0.466. The van der Waals surface area contributed by atoms with Gasteiger partial charge in [-0.15, -0.1) is 0 Å². The van der Waals surface area contributed by atoms with E-state index in [-0.39, 0.29) is 0 Å². The fraction of sp³-hybridized carbons (Fsp3) is 0. The molecule has 6 heteroatoms. The van der Waals surface area contributed by atoms with E-state index in [1.54, 1.807) is 18.3 Å². The summed E-state index contributed by atoms with van der Waals surface area (Å²) in [5.74, 6) is 1.02. The molecule has 2 aromatic rings. The average molecular weight is 442 g/mol. The number of nitrogens with zero attached hydrogens (tertiary/aromatic N) is 1. The fourth-order valence-electron chi connectivity index (χ4n) is 1.14. The summed E-state index contributed by atoms with van der Waals surface area (Å²) < 4.78 is 8.15. The second-order valence-electron chi connectivity index (χ2n) is 3.12. The molecular weight excluding hydrogens is 437 g/mol. The molecule has 0 aliphatic heterocycles. The topological polar surface area (TPSA) is 22.1 Å². The second-order valence-corrected chi connectivity index (χ2v) is 6.21. The first-order chi connectivity index (χ1) is 8.06. The minimum atomic E-state index is 0.466. The maximum Gasteiger partial charge on any atom is 0.233 e. The lowest BCUT2D eigenvalue weighted by molar-refractivity contribution is 0.459. The van der Waals surface area contributed by atoms with E-state index >= 15 is 0 Å². The molecule has 0 N–H and O–H groups in total. The molecule has 2 rings (SSSR count). The van der Waals surface area contributed by atoms with E-state index in [1.165, 1.54) is 0 Å². The molecule has 1 heterocycles. The van der Waals surface area contributed by atoms with E-state index in [0.717, 1.165) is 13.4 Å². The van der Waals surface area contributed by atoms with Crippen LogP contribution < -0.4 is 4.74 Å². The first-order valence-corrected chi connectivity index (χ1v) is 7.26. The summed E-state index contributed by atoms with van der Waals surface area (Å²) in [5.41, 5.74) is 0. The van der Waals surface area contributed by atoms with Crippen LogP contribution in [0.4, 0.5) is 0 Å². The Bertz CT molecular complexity index is 562.